The molecule has 0 saturated heterocycles. The fourth-order valence-electron chi connectivity index (χ4n) is 2.47. The summed E-state index contributed by atoms with van der Waals surface area (Å²) in [5, 5.41) is 0. The SMILES string of the molecule is CCCC1c2nc[nH]c2CC(CN)N1C. The van der Waals surface area contributed by atoms with Gasteiger partial charge in [0.05, 0.1) is 18.1 Å². The van der Waals surface area contributed by atoms with Crippen molar-refractivity contribution in [3.05, 3.63) is 17.7 Å². The number of likely N-dealkylation sites (N-methyl/N-ethyl adjacent to an activating group) is 1. The Labute approximate surface area is 90.9 Å². The molecule has 0 radical (unpaired) electrons. The van der Waals surface area contributed by atoms with E-state index in [2.05, 4.69) is 28.8 Å². The van der Waals surface area contributed by atoms with Gasteiger partial charge < -0.3 is 10.7 Å². The van der Waals surface area contributed by atoms with Crippen molar-refractivity contribution in [2.24, 2.45) is 5.73 Å². The van der Waals surface area contributed by atoms with Crippen molar-refractivity contribution in [3.8, 4) is 0 Å². The van der Waals surface area contributed by atoms with Crippen LogP contribution < -0.4 is 5.73 Å². The number of rotatable bonds is 3. The number of hydrogen-bond donors (Lipinski definition) is 2. The zero-order valence-electron chi connectivity index (χ0n) is 9.53. The molecule has 2 heterocycles. The highest BCUT2D eigenvalue weighted by Crippen LogP contribution is 2.32. The van der Waals surface area contributed by atoms with Crippen LogP contribution in [0.4, 0.5) is 0 Å². The van der Waals surface area contributed by atoms with Gasteiger partial charge in [0.1, 0.15) is 0 Å². The zero-order chi connectivity index (χ0) is 10.8. The quantitative estimate of drug-likeness (QED) is 0.781. The number of nitrogens with zero attached hydrogens (tertiary/aromatic N) is 2. The molecule has 0 aromatic carbocycles. The maximum Gasteiger partial charge on any atom is 0.0925 e. The van der Waals surface area contributed by atoms with Crippen LogP contribution in [0, 0.1) is 0 Å². The van der Waals surface area contributed by atoms with Gasteiger partial charge in [-0.2, -0.15) is 0 Å². The number of imidazole rings is 1. The van der Waals surface area contributed by atoms with Crippen LogP contribution in [-0.2, 0) is 6.42 Å². The Balaban J connectivity index is 2.28. The van der Waals surface area contributed by atoms with Crippen molar-refractivity contribution in [1.82, 2.24) is 14.9 Å². The van der Waals surface area contributed by atoms with Gasteiger partial charge in [0.25, 0.3) is 0 Å². The predicted octanol–water partition coefficient (Wildman–Crippen LogP) is 1.07. The molecule has 1 aromatic rings. The van der Waals surface area contributed by atoms with Crippen molar-refractivity contribution in [2.75, 3.05) is 13.6 Å². The minimum Gasteiger partial charge on any atom is -0.348 e. The molecule has 2 rings (SSSR count). The summed E-state index contributed by atoms with van der Waals surface area (Å²) in [4.78, 5) is 10.1. The highest BCUT2D eigenvalue weighted by atomic mass is 15.2. The fourth-order valence-corrected chi connectivity index (χ4v) is 2.47. The molecule has 0 saturated carbocycles. The van der Waals surface area contributed by atoms with E-state index in [1.807, 2.05) is 0 Å². The Morgan fingerprint density at radius 1 is 1.67 bits per heavy atom. The second kappa shape index (κ2) is 4.33. The molecule has 0 amide bonds. The first-order valence-corrected chi connectivity index (χ1v) is 5.72. The van der Waals surface area contributed by atoms with Crippen LogP contribution in [0.15, 0.2) is 6.33 Å². The summed E-state index contributed by atoms with van der Waals surface area (Å²) in [5.41, 5.74) is 8.31. The minimum atomic E-state index is 0.443. The zero-order valence-corrected chi connectivity index (χ0v) is 9.53. The van der Waals surface area contributed by atoms with E-state index >= 15 is 0 Å². The summed E-state index contributed by atoms with van der Waals surface area (Å²) in [6, 6.07) is 0.896. The van der Waals surface area contributed by atoms with Gasteiger partial charge in [-0.3, -0.25) is 4.90 Å². The number of aromatic nitrogens is 2. The first kappa shape index (κ1) is 10.6. The standard InChI is InChI=1S/C11H20N4/c1-3-4-10-11-9(13-7-14-11)5-8(6-12)15(10)2/h7-8,10H,3-6,12H2,1-2H3,(H,13,14). The topological polar surface area (TPSA) is 57.9 Å². The third-order valence-electron chi connectivity index (χ3n) is 3.41. The number of nitrogens with one attached hydrogen (secondary N) is 1. The Kier molecular flexibility index (Phi) is 3.07. The van der Waals surface area contributed by atoms with Gasteiger partial charge in [0.2, 0.25) is 0 Å². The van der Waals surface area contributed by atoms with Crippen LogP contribution in [0.1, 0.15) is 37.2 Å². The Bertz CT molecular complexity index is 320. The van der Waals surface area contributed by atoms with Gasteiger partial charge >= 0.3 is 0 Å². The molecule has 2 unspecified atom stereocenters. The highest BCUT2D eigenvalue weighted by Gasteiger charge is 2.32. The summed E-state index contributed by atoms with van der Waals surface area (Å²) >= 11 is 0. The monoisotopic (exact) mass is 208 g/mol. The molecular weight excluding hydrogens is 188 g/mol. The molecule has 15 heavy (non-hydrogen) atoms. The summed E-state index contributed by atoms with van der Waals surface area (Å²) in [5.74, 6) is 0. The molecular formula is C11H20N4. The summed E-state index contributed by atoms with van der Waals surface area (Å²) in [6.07, 6.45) is 5.14. The van der Waals surface area contributed by atoms with E-state index in [0.717, 1.165) is 19.4 Å². The molecule has 0 aliphatic carbocycles. The molecule has 4 nitrogen and oxygen atoms in total. The maximum atomic E-state index is 5.80. The average molecular weight is 208 g/mol. The van der Waals surface area contributed by atoms with Gasteiger partial charge in [-0.15, -0.1) is 0 Å². The van der Waals surface area contributed by atoms with Crippen molar-refractivity contribution in [2.45, 2.75) is 38.3 Å². The van der Waals surface area contributed by atoms with Crippen molar-refractivity contribution in [1.29, 1.82) is 0 Å². The number of nitrogens with two attached hydrogens (primary N) is 1. The lowest BCUT2D eigenvalue weighted by molar-refractivity contribution is 0.146. The lowest BCUT2D eigenvalue weighted by Crippen LogP contribution is -2.45. The normalized spacial score (nSPS) is 26.6. The molecule has 2 atom stereocenters. The molecule has 4 heteroatoms. The fraction of sp³-hybridized carbons (Fsp3) is 0.727. The average Bonchev–Trinajstić information content (AvgIpc) is 2.69. The van der Waals surface area contributed by atoms with Gasteiger partial charge in [0, 0.05) is 24.7 Å². The molecule has 1 aliphatic heterocycles. The molecule has 0 fully saturated rings. The van der Waals surface area contributed by atoms with E-state index in [0.29, 0.717) is 12.1 Å². The first-order valence-electron chi connectivity index (χ1n) is 5.72. The molecule has 1 aromatic heterocycles. The molecule has 0 spiro atoms. The lowest BCUT2D eigenvalue weighted by atomic mass is 9.94. The van der Waals surface area contributed by atoms with Crippen molar-refractivity contribution in [3.63, 3.8) is 0 Å². The molecule has 84 valence electrons. The van der Waals surface area contributed by atoms with Crippen molar-refractivity contribution < 1.29 is 0 Å². The second-order valence-corrected chi connectivity index (χ2v) is 4.33. The molecule has 1 aliphatic rings. The smallest absolute Gasteiger partial charge is 0.0925 e. The maximum absolute atomic E-state index is 5.80. The van der Waals surface area contributed by atoms with Crippen LogP contribution in [0.25, 0.3) is 0 Å². The van der Waals surface area contributed by atoms with Crippen molar-refractivity contribution >= 4 is 0 Å². The lowest BCUT2D eigenvalue weighted by Gasteiger charge is -2.38. The number of fused-ring (bicyclic) bond motifs is 1. The molecule has 0 bridgehead atoms. The Morgan fingerprint density at radius 3 is 3.13 bits per heavy atom. The third-order valence-corrected chi connectivity index (χ3v) is 3.41. The van der Waals surface area contributed by atoms with Gasteiger partial charge in [-0.1, -0.05) is 13.3 Å². The van der Waals surface area contributed by atoms with E-state index in [9.17, 15) is 0 Å². The predicted molar refractivity (Wildman–Crippen MR) is 60.5 cm³/mol. The first-order chi connectivity index (χ1) is 7.27. The Morgan fingerprint density at radius 2 is 2.47 bits per heavy atom. The number of hydrogen-bond acceptors (Lipinski definition) is 3. The van der Waals surface area contributed by atoms with E-state index < -0.39 is 0 Å². The van der Waals surface area contributed by atoms with Gasteiger partial charge in [-0.25, -0.2) is 4.98 Å². The van der Waals surface area contributed by atoms with Crippen LogP contribution in [0.3, 0.4) is 0 Å². The Hall–Kier alpha value is -0.870. The van der Waals surface area contributed by atoms with E-state index in [-0.39, 0.29) is 0 Å². The number of H-pyrrole nitrogens is 1. The van der Waals surface area contributed by atoms with Gasteiger partial charge in [0.15, 0.2) is 0 Å². The third kappa shape index (κ3) is 1.79. The van der Waals surface area contributed by atoms with Crippen LogP contribution >= 0.6 is 0 Å². The summed E-state index contributed by atoms with van der Waals surface area (Å²) < 4.78 is 0. The minimum absolute atomic E-state index is 0.443. The van der Waals surface area contributed by atoms with Crippen LogP contribution in [-0.4, -0.2) is 34.5 Å². The van der Waals surface area contributed by atoms with E-state index in [1.54, 1.807) is 6.33 Å². The number of aromatic amines is 1. The second-order valence-electron chi connectivity index (χ2n) is 4.33. The largest absolute Gasteiger partial charge is 0.348 e. The highest BCUT2D eigenvalue weighted by molar-refractivity contribution is 5.21. The van der Waals surface area contributed by atoms with Gasteiger partial charge in [-0.05, 0) is 13.5 Å². The van der Waals surface area contributed by atoms with E-state index in [1.165, 1.54) is 17.8 Å². The molecule has 3 N–H and O–H groups in total. The summed E-state index contributed by atoms with van der Waals surface area (Å²) in [7, 11) is 2.16. The van der Waals surface area contributed by atoms with E-state index in [4.69, 9.17) is 5.73 Å². The van der Waals surface area contributed by atoms with Crippen LogP contribution in [0.2, 0.25) is 0 Å². The summed E-state index contributed by atoms with van der Waals surface area (Å²) in [6.45, 7) is 2.93. The van der Waals surface area contributed by atoms with Crippen LogP contribution in [0.5, 0.6) is 0 Å².